The number of alkyl halides is 3. The number of carbonyl (C=O) groups excluding carboxylic acids is 2. The third-order valence-corrected chi connectivity index (χ3v) is 4.39. The summed E-state index contributed by atoms with van der Waals surface area (Å²) in [4.78, 5) is 24.4. The number of ether oxygens (including phenoxy) is 2. The van der Waals surface area contributed by atoms with Crippen LogP contribution in [-0.2, 0) is 4.79 Å². The van der Waals surface area contributed by atoms with E-state index < -0.39 is 24.7 Å². The van der Waals surface area contributed by atoms with Crippen molar-refractivity contribution in [2.24, 2.45) is 0 Å². The number of benzene rings is 1. The third kappa shape index (κ3) is 6.02. The molecule has 0 aliphatic carbocycles. The van der Waals surface area contributed by atoms with Gasteiger partial charge >= 0.3 is 12.2 Å². The van der Waals surface area contributed by atoms with Crippen molar-refractivity contribution in [2.45, 2.75) is 25.1 Å². The third-order valence-electron chi connectivity index (χ3n) is 4.39. The number of amides is 3. The van der Waals surface area contributed by atoms with Gasteiger partial charge in [-0.2, -0.15) is 13.2 Å². The molecule has 1 heterocycles. The van der Waals surface area contributed by atoms with Gasteiger partial charge in [0, 0.05) is 18.9 Å². The van der Waals surface area contributed by atoms with E-state index in [-0.39, 0.29) is 12.6 Å². The van der Waals surface area contributed by atoms with Crippen LogP contribution in [0.5, 0.6) is 11.5 Å². The first-order valence-corrected chi connectivity index (χ1v) is 8.44. The monoisotopic (exact) mass is 390 g/mol. The number of imide groups is 1. The standard InChI is InChI=1S/C17H22F3N3O4/c1-26-11-5-6-12(14(8-11)27-2)13-4-3-7-23(13)9-15(24)22-16(25)21-10-17(18,19)20/h5-6,8,13H,3-4,7,9-10H2,1-2H3,(H2,21,22,24,25)/p+1/t13-/m1/s1. The Morgan fingerprint density at radius 1 is 1.26 bits per heavy atom. The predicted octanol–water partition coefficient (Wildman–Crippen LogP) is 0.812. The van der Waals surface area contributed by atoms with Crippen molar-refractivity contribution in [1.82, 2.24) is 10.6 Å². The molecule has 2 atom stereocenters. The Morgan fingerprint density at radius 3 is 2.63 bits per heavy atom. The van der Waals surface area contributed by atoms with E-state index >= 15 is 0 Å². The fourth-order valence-electron chi connectivity index (χ4n) is 3.21. The lowest BCUT2D eigenvalue weighted by atomic mass is 10.0. The number of likely N-dealkylation sites (tertiary alicyclic amines) is 1. The van der Waals surface area contributed by atoms with Crippen molar-refractivity contribution in [3.63, 3.8) is 0 Å². The summed E-state index contributed by atoms with van der Waals surface area (Å²) in [5.74, 6) is 0.653. The summed E-state index contributed by atoms with van der Waals surface area (Å²) in [7, 11) is 3.10. The van der Waals surface area contributed by atoms with Crippen molar-refractivity contribution < 1.29 is 37.1 Å². The van der Waals surface area contributed by atoms with Gasteiger partial charge in [0.05, 0.1) is 26.3 Å². The first kappa shape index (κ1) is 20.8. The lowest BCUT2D eigenvalue weighted by Gasteiger charge is -2.23. The zero-order chi connectivity index (χ0) is 20.0. The molecule has 0 radical (unpaired) electrons. The largest absolute Gasteiger partial charge is 0.497 e. The van der Waals surface area contributed by atoms with Crippen LogP contribution in [0.15, 0.2) is 18.2 Å². The number of urea groups is 1. The molecule has 150 valence electrons. The fraction of sp³-hybridized carbons (Fsp3) is 0.529. The van der Waals surface area contributed by atoms with Crippen LogP contribution in [0.3, 0.4) is 0 Å². The highest BCUT2D eigenvalue weighted by Crippen LogP contribution is 2.31. The molecule has 1 aromatic rings. The molecule has 1 unspecified atom stereocenters. The van der Waals surface area contributed by atoms with Crippen LogP contribution in [0.4, 0.5) is 18.0 Å². The van der Waals surface area contributed by atoms with Gasteiger partial charge in [-0.1, -0.05) is 0 Å². The van der Waals surface area contributed by atoms with E-state index in [4.69, 9.17) is 9.47 Å². The minimum absolute atomic E-state index is 0.0187. The van der Waals surface area contributed by atoms with Crippen LogP contribution in [0.25, 0.3) is 0 Å². The Morgan fingerprint density at radius 2 is 2.00 bits per heavy atom. The second-order valence-corrected chi connectivity index (χ2v) is 6.23. The number of quaternary nitrogens is 1. The summed E-state index contributed by atoms with van der Waals surface area (Å²) in [6.07, 6.45) is -2.83. The Balaban J connectivity index is 1.98. The SMILES string of the molecule is COc1ccc([C@H]2CCC[NH+]2CC(=O)NC(=O)NCC(F)(F)F)c(OC)c1. The summed E-state index contributed by atoms with van der Waals surface area (Å²) in [6.45, 7) is -0.814. The Labute approximate surface area is 154 Å². The van der Waals surface area contributed by atoms with Crippen LogP contribution in [0, 0.1) is 0 Å². The molecule has 1 fully saturated rings. The van der Waals surface area contributed by atoms with Crippen molar-refractivity contribution in [3.05, 3.63) is 23.8 Å². The molecule has 10 heteroatoms. The normalized spacial score (nSPS) is 19.4. The van der Waals surface area contributed by atoms with Crippen molar-refractivity contribution in [3.8, 4) is 11.5 Å². The highest BCUT2D eigenvalue weighted by Gasteiger charge is 2.34. The topological polar surface area (TPSA) is 81.1 Å². The van der Waals surface area contributed by atoms with Crippen LogP contribution >= 0.6 is 0 Å². The molecule has 3 N–H and O–H groups in total. The zero-order valence-corrected chi connectivity index (χ0v) is 15.1. The van der Waals surface area contributed by atoms with Crippen LogP contribution in [-0.4, -0.2) is 52.0 Å². The van der Waals surface area contributed by atoms with Crippen molar-refractivity contribution in [1.29, 1.82) is 0 Å². The quantitative estimate of drug-likeness (QED) is 0.672. The van der Waals surface area contributed by atoms with E-state index in [1.165, 1.54) is 0 Å². The maximum Gasteiger partial charge on any atom is 0.405 e. The summed E-state index contributed by atoms with van der Waals surface area (Å²) < 4.78 is 46.9. The Hall–Kier alpha value is -2.49. The average Bonchev–Trinajstić information content (AvgIpc) is 3.06. The fourth-order valence-corrected chi connectivity index (χ4v) is 3.21. The predicted molar refractivity (Wildman–Crippen MR) is 89.8 cm³/mol. The molecule has 2 rings (SSSR count). The molecular formula is C17H23F3N3O4+. The van der Waals surface area contributed by atoms with Crippen LogP contribution in [0.2, 0.25) is 0 Å². The number of methoxy groups -OCH3 is 2. The second-order valence-electron chi connectivity index (χ2n) is 6.23. The summed E-state index contributed by atoms with van der Waals surface area (Å²) >= 11 is 0. The maximum absolute atomic E-state index is 12.1. The van der Waals surface area contributed by atoms with Crippen molar-refractivity contribution in [2.75, 3.05) is 33.9 Å². The number of carbonyl (C=O) groups is 2. The summed E-state index contributed by atoms with van der Waals surface area (Å²) in [5.41, 5.74) is 0.917. The van der Waals surface area contributed by atoms with Gasteiger partial charge in [-0.15, -0.1) is 0 Å². The number of hydrogen-bond acceptors (Lipinski definition) is 4. The van der Waals surface area contributed by atoms with E-state index in [0.717, 1.165) is 23.3 Å². The van der Waals surface area contributed by atoms with Gasteiger partial charge in [0.1, 0.15) is 24.1 Å². The number of rotatable bonds is 6. The molecule has 3 amide bonds. The molecule has 1 aliphatic heterocycles. The lowest BCUT2D eigenvalue weighted by molar-refractivity contribution is -0.910. The molecule has 0 bridgehead atoms. The highest BCUT2D eigenvalue weighted by molar-refractivity contribution is 5.94. The van der Waals surface area contributed by atoms with E-state index in [9.17, 15) is 22.8 Å². The van der Waals surface area contributed by atoms with Crippen LogP contribution < -0.4 is 25.0 Å². The molecular weight excluding hydrogens is 367 g/mol. The van der Waals surface area contributed by atoms with Crippen LogP contribution in [0.1, 0.15) is 24.4 Å². The number of hydrogen-bond donors (Lipinski definition) is 3. The first-order chi connectivity index (χ1) is 12.7. The van der Waals surface area contributed by atoms with Gasteiger partial charge in [0.2, 0.25) is 0 Å². The maximum atomic E-state index is 12.1. The van der Waals surface area contributed by atoms with E-state index in [1.807, 2.05) is 11.4 Å². The average molecular weight is 390 g/mol. The van der Waals surface area contributed by atoms with Gasteiger partial charge in [-0.25, -0.2) is 4.79 Å². The Bertz CT molecular complexity index is 682. The Kier molecular flexibility index (Phi) is 6.89. The summed E-state index contributed by atoms with van der Waals surface area (Å²) in [5, 5.41) is 3.55. The van der Waals surface area contributed by atoms with Gasteiger partial charge in [-0.05, 0) is 12.1 Å². The second kappa shape index (κ2) is 8.94. The molecule has 0 aromatic heterocycles. The van der Waals surface area contributed by atoms with E-state index in [2.05, 4.69) is 0 Å². The van der Waals surface area contributed by atoms with Gasteiger partial charge in [0.15, 0.2) is 6.54 Å². The van der Waals surface area contributed by atoms with E-state index in [0.29, 0.717) is 18.0 Å². The van der Waals surface area contributed by atoms with Gasteiger partial charge in [0.25, 0.3) is 5.91 Å². The minimum atomic E-state index is -4.53. The minimum Gasteiger partial charge on any atom is -0.497 e. The number of halogens is 3. The number of nitrogens with one attached hydrogen (secondary N) is 3. The van der Waals surface area contributed by atoms with E-state index in [1.54, 1.807) is 31.7 Å². The summed E-state index contributed by atoms with van der Waals surface area (Å²) in [6, 6.07) is 4.26. The molecule has 0 spiro atoms. The van der Waals surface area contributed by atoms with Gasteiger partial charge in [-0.3, -0.25) is 10.1 Å². The zero-order valence-electron chi connectivity index (χ0n) is 15.1. The smallest absolute Gasteiger partial charge is 0.405 e. The molecule has 1 aliphatic rings. The van der Waals surface area contributed by atoms with Crippen molar-refractivity contribution >= 4 is 11.9 Å². The molecule has 0 saturated carbocycles. The first-order valence-electron chi connectivity index (χ1n) is 8.44. The lowest BCUT2D eigenvalue weighted by Crippen LogP contribution is -3.11. The molecule has 7 nitrogen and oxygen atoms in total. The van der Waals surface area contributed by atoms with Gasteiger partial charge < -0.3 is 19.7 Å². The molecule has 1 saturated heterocycles. The molecule has 27 heavy (non-hydrogen) atoms. The molecule has 1 aromatic carbocycles. The highest BCUT2D eigenvalue weighted by atomic mass is 19.4.